The first-order chi connectivity index (χ1) is 15.5. The summed E-state index contributed by atoms with van der Waals surface area (Å²) in [5.41, 5.74) is 1.43. The minimum atomic E-state index is -1.05. The van der Waals surface area contributed by atoms with Crippen LogP contribution in [0.5, 0.6) is 0 Å². The average Bonchev–Trinajstić information content (AvgIpc) is 3.31. The number of nitrogens with zero attached hydrogens (tertiary/aromatic N) is 3. The lowest BCUT2D eigenvalue weighted by Crippen LogP contribution is -2.37. The number of carbonyl (C=O) groups is 2. The Kier molecular flexibility index (Phi) is 4.88. The molecule has 32 heavy (non-hydrogen) atoms. The number of amides is 2. The summed E-state index contributed by atoms with van der Waals surface area (Å²) in [5, 5.41) is 13.3. The first-order valence-electron chi connectivity index (χ1n) is 9.84. The quantitative estimate of drug-likeness (QED) is 0.335. The smallest absolute Gasteiger partial charge is 0.269 e. The van der Waals surface area contributed by atoms with Gasteiger partial charge >= 0.3 is 0 Å². The van der Waals surface area contributed by atoms with E-state index >= 15 is 0 Å². The number of fused-ring (bicyclic) bond motifs is 1. The molecule has 3 atom stereocenters. The van der Waals surface area contributed by atoms with Gasteiger partial charge in [-0.1, -0.05) is 41.9 Å². The summed E-state index contributed by atoms with van der Waals surface area (Å²) in [6.45, 7) is 0. The third kappa shape index (κ3) is 3.21. The first kappa shape index (κ1) is 20.2. The minimum Gasteiger partial charge on any atom is -0.273 e. The maximum atomic E-state index is 13.5. The number of rotatable bonds is 4. The fourth-order valence-electron chi connectivity index (χ4n) is 4.22. The fraction of sp³-hybridized carbons (Fsp3) is 0.130. The number of hydrogen-bond acceptors (Lipinski definition) is 6. The molecular weight excluding hydrogens is 434 g/mol. The lowest BCUT2D eigenvalue weighted by Gasteiger charge is -2.28. The van der Waals surface area contributed by atoms with Gasteiger partial charge in [0.05, 0.1) is 22.3 Å². The van der Waals surface area contributed by atoms with E-state index in [4.69, 9.17) is 16.4 Å². The zero-order valence-electron chi connectivity index (χ0n) is 16.5. The normalized spacial score (nSPS) is 22.3. The maximum absolute atomic E-state index is 13.5. The van der Waals surface area contributed by atoms with Gasteiger partial charge < -0.3 is 0 Å². The molecule has 0 radical (unpaired) electrons. The van der Waals surface area contributed by atoms with Gasteiger partial charge in [-0.2, -0.15) is 0 Å². The molecule has 0 aromatic heterocycles. The van der Waals surface area contributed by atoms with Crippen LogP contribution in [0.3, 0.4) is 0 Å². The van der Waals surface area contributed by atoms with Crippen molar-refractivity contribution < 1.29 is 19.3 Å². The SMILES string of the molecule is O=C1C2ON(c3ccccc3)C(c3cccc([N+](=O)[O-])c3)C2C(=O)N1c1ccc(Cl)cc1. The van der Waals surface area contributed by atoms with Gasteiger partial charge in [-0.3, -0.25) is 24.5 Å². The fourth-order valence-corrected chi connectivity index (χ4v) is 4.35. The molecule has 3 unspecified atom stereocenters. The van der Waals surface area contributed by atoms with Crippen LogP contribution in [0.2, 0.25) is 5.02 Å². The number of para-hydroxylation sites is 1. The van der Waals surface area contributed by atoms with Crippen molar-refractivity contribution in [2.45, 2.75) is 12.1 Å². The summed E-state index contributed by atoms with van der Waals surface area (Å²) in [5.74, 6) is -1.80. The number of nitro groups is 1. The zero-order chi connectivity index (χ0) is 22.4. The largest absolute Gasteiger partial charge is 0.273 e. The summed E-state index contributed by atoms with van der Waals surface area (Å²) in [6.07, 6.45) is -1.05. The van der Waals surface area contributed by atoms with Crippen LogP contribution in [0.15, 0.2) is 78.9 Å². The minimum absolute atomic E-state index is 0.106. The molecule has 0 N–H and O–H groups in total. The third-order valence-electron chi connectivity index (χ3n) is 5.63. The van der Waals surface area contributed by atoms with E-state index in [1.807, 2.05) is 6.07 Å². The predicted molar refractivity (Wildman–Crippen MR) is 117 cm³/mol. The maximum Gasteiger partial charge on any atom is 0.269 e. The van der Waals surface area contributed by atoms with Crippen LogP contribution in [-0.2, 0) is 14.4 Å². The molecule has 2 aliphatic rings. The molecule has 2 amide bonds. The molecule has 5 rings (SSSR count). The van der Waals surface area contributed by atoms with E-state index in [0.29, 0.717) is 22.0 Å². The second kappa shape index (κ2) is 7.74. The Morgan fingerprint density at radius 3 is 2.28 bits per heavy atom. The zero-order valence-corrected chi connectivity index (χ0v) is 17.3. The van der Waals surface area contributed by atoms with Crippen molar-refractivity contribution in [2.75, 3.05) is 9.96 Å². The number of non-ortho nitro benzene ring substituents is 1. The Bertz CT molecular complexity index is 1220. The summed E-state index contributed by atoms with van der Waals surface area (Å²) in [4.78, 5) is 44.7. The predicted octanol–water partition coefficient (Wildman–Crippen LogP) is 4.30. The van der Waals surface area contributed by atoms with Crippen LogP contribution >= 0.6 is 11.6 Å². The summed E-state index contributed by atoms with van der Waals surface area (Å²) in [7, 11) is 0. The van der Waals surface area contributed by atoms with Crippen LogP contribution in [0.1, 0.15) is 11.6 Å². The monoisotopic (exact) mass is 449 g/mol. The second-order valence-corrected chi connectivity index (χ2v) is 7.93. The number of hydroxylamine groups is 1. The van der Waals surface area contributed by atoms with Gasteiger partial charge in [0.15, 0.2) is 6.10 Å². The van der Waals surface area contributed by atoms with Crippen LogP contribution in [0, 0.1) is 16.0 Å². The van der Waals surface area contributed by atoms with Crippen molar-refractivity contribution in [3.8, 4) is 0 Å². The number of imide groups is 1. The van der Waals surface area contributed by atoms with E-state index in [0.717, 1.165) is 4.90 Å². The van der Waals surface area contributed by atoms with Crippen molar-refractivity contribution in [3.63, 3.8) is 0 Å². The number of halogens is 1. The highest BCUT2D eigenvalue weighted by molar-refractivity contribution is 6.31. The van der Waals surface area contributed by atoms with Gasteiger partial charge in [-0.05, 0) is 42.0 Å². The summed E-state index contributed by atoms with van der Waals surface area (Å²) in [6, 6.07) is 20.7. The van der Waals surface area contributed by atoms with E-state index in [1.54, 1.807) is 60.7 Å². The van der Waals surface area contributed by atoms with E-state index in [-0.39, 0.29) is 5.69 Å². The third-order valence-corrected chi connectivity index (χ3v) is 5.89. The molecule has 0 saturated carbocycles. The first-order valence-corrected chi connectivity index (χ1v) is 10.2. The molecule has 3 aromatic carbocycles. The van der Waals surface area contributed by atoms with Crippen molar-refractivity contribution in [1.29, 1.82) is 0 Å². The second-order valence-electron chi connectivity index (χ2n) is 7.50. The molecule has 2 heterocycles. The Morgan fingerprint density at radius 1 is 0.875 bits per heavy atom. The summed E-state index contributed by atoms with van der Waals surface area (Å²) >= 11 is 5.94. The van der Waals surface area contributed by atoms with E-state index in [1.165, 1.54) is 17.2 Å². The number of anilines is 2. The summed E-state index contributed by atoms with van der Waals surface area (Å²) < 4.78 is 0. The van der Waals surface area contributed by atoms with Gasteiger partial charge in [0, 0.05) is 17.2 Å². The molecule has 9 heteroatoms. The number of benzene rings is 3. The number of nitro benzene ring substituents is 1. The van der Waals surface area contributed by atoms with Crippen molar-refractivity contribution in [3.05, 3.63) is 99.6 Å². The molecule has 0 spiro atoms. The van der Waals surface area contributed by atoms with Crippen molar-refractivity contribution >= 4 is 40.5 Å². The molecule has 2 fully saturated rings. The highest BCUT2D eigenvalue weighted by atomic mass is 35.5. The molecule has 2 saturated heterocycles. The van der Waals surface area contributed by atoms with Crippen LogP contribution < -0.4 is 9.96 Å². The van der Waals surface area contributed by atoms with Crippen molar-refractivity contribution in [2.24, 2.45) is 5.92 Å². The highest BCUT2D eigenvalue weighted by Gasteiger charge is 2.60. The Labute approximate surface area is 187 Å². The molecule has 8 nitrogen and oxygen atoms in total. The van der Waals surface area contributed by atoms with Gasteiger partial charge in [-0.25, -0.2) is 9.96 Å². The van der Waals surface area contributed by atoms with Crippen molar-refractivity contribution in [1.82, 2.24) is 0 Å². The molecule has 0 bridgehead atoms. The molecule has 160 valence electrons. The molecular formula is C23H16ClN3O5. The average molecular weight is 450 g/mol. The van der Waals surface area contributed by atoms with Gasteiger partial charge in [0.2, 0.25) is 5.91 Å². The lowest BCUT2D eigenvalue weighted by atomic mass is 9.90. The van der Waals surface area contributed by atoms with Crippen LogP contribution in [0.25, 0.3) is 0 Å². The standard InChI is InChI=1S/C23H16ClN3O5/c24-15-9-11-16(12-10-15)25-22(28)19-20(14-5-4-8-18(13-14)27(30)31)26(32-21(19)23(25)29)17-6-2-1-3-7-17/h1-13,19-21H. The Morgan fingerprint density at radius 2 is 1.59 bits per heavy atom. The molecule has 2 aliphatic heterocycles. The highest BCUT2D eigenvalue weighted by Crippen LogP contribution is 2.48. The lowest BCUT2D eigenvalue weighted by molar-refractivity contribution is -0.384. The number of carbonyl (C=O) groups excluding carboxylic acids is 2. The van der Waals surface area contributed by atoms with Crippen LogP contribution in [0.4, 0.5) is 17.1 Å². The molecule has 0 aliphatic carbocycles. The Hall–Kier alpha value is -3.75. The number of hydrogen-bond donors (Lipinski definition) is 0. The van der Waals surface area contributed by atoms with E-state index < -0.39 is 34.8 Å². The molecule has 3 aromatic rings. The van der Waals surface area contributed by atoms with E-state index in [2.05, 4.69) is 0 Å². The van der Waals surface area contributed by atoms with Gasteiger partial charge in [-0.15, -0.1) is 0 Å². The van der Waals surface area contributed by atoms with Gasteiger partial charge in [0.25, 0.3) is 11.6 Å². The Balaban J connectivity index is 1.60. The topological polar surface area (TPSA) is 93.0 Å². The van der Waals surface area contributed by atoms with Crippen LogP contribution in [-0.4, -0.2) is 22.8 Å². The van der Waals surface area contributed by atoms with Gasteiger partial charge in [0.1, 0.15) is 5.92 Å². The van der Waals surface area contributed by atoms with E-state index in [9.17, 15) is 19.7 Å².